The molecule has 1 saturated carbocycles. The Morgan fingerprint density at radius 1 is 1.20 bits per heavy atom. The summed E-state index contributed by atoms with van der Waals surface area (Å²) in [5.74, 6) is 0.868. The third-order valence-electron chi connectivity index (χ3n) is 4.77. The summed E-state index contributed by atoms with van der Waals surface area (Å²) in [6.07, 6.45) is 10.2. The maximum Gasteiger partial charge on any atom is 0.134 e. The summed E-state index contributed by atoms with van der Waals surface area (Å²) in [6.45, 7) is 3.23. The molecule has 1 aromatic carbocycles. The molecule has 0 radical (unpaired) electrons. The number of benzene rings is 1. The first-order chi connectivity index (χ1) is 9.88. The first-order valence-corrected chi connectivity index (χ1v) is 8.07. The third-order valence-corrected chi connectivity index (χ3v) is 4.77. The minimum absolute atomic E-state index is 0.656. The smallest absolute Gasteiger partial charge is 0.134 e. The lowest BCUT2D eigenvalue weighted by molar-refractivity contribution is 0.262. The molecule has 1 atom stereocenters. The Balaban J connectivity index is 1.65. The lowest BCUT2D eigenvalue weighted by Gasteiger charge is -2.30. The predicted molar refractivity (Wildman–Crippen MR) is 83.7 cm³/mol. The summed E-state index contributed by atoms with van der Waals surface area (Å²) in [5, 5.41) is 5.02. The molecule has 0 bridgehead atoms. The monoisotopic (exact) mass is 271 g/mol. The molecule has 1 aliphatic rings. The van der Waals surface area contributed by atoms with Crippen LogP contribution in [0.3, 0.4) is 0 Å². The quantitative estimate of drug-likeness (QED) is 0.838. The minimum Gasteiger partial charge on any atom is -0.464 e. The largest absolute Gasteiger partial charge is 0.464 e. The van der Waals surface area contributed by atoms with Crippen LogP contribution < -0.4 is 5.32 Å². The molecule has 0 saturated heterocycles. The molecule has 1 aliphatic carbocycles. The maximum atomic E-state index is 5.62. The van der Waals surface area contributed by atoms with E-state index in [2.05, 4.69) is 24.4 Å². The Kier molecular flexibility index (Phi) is 4.41. The van der Waals surface area contributed by atoms with E-state index < -0.39 is 0 Å². The van der Waals surface area contributed by atoms with Crippen LogP contribution in [-0.2, 0) is 6.54 Å². The van der Waals surface area contributed by atoms with E-state index in [4.69, 9.17) is 4.42 Å². The van der Waals surface area contributed by atoms with E-state index in [0.29, 0.717) is 6.04 Å². The van der Waals surface area contributed by atoms with Crippen LogP contribution in [0, 0.1) is 5.92 Å². The van der Waals surface area contributed by atoms with Gasteiger partial charge in [-0.2, -0.15) is 0 Å². The summed E-state index contributed by atoms with van der Waals surface area (Å²) in [7, 11) is 0. The molecule has 20 heavy (non-hydrogen) atoms. The lowest BCUT2D eigenvalue weighted by atomic mass is 9.83. The fraction of sp³-hybridized carbons (Fsp3) is 0.556. The van der Waals surface area contributed by atoms with Crippen molar-refractivity contribution in [2.75, 3.05) is 0 Å². The summed E-state index contributed by atoms with van der Waals surface area (Å²) in [6, 6.07) is 8.96. The van der Waals surface area contributed by atoms with Crippen LogP contribution in [0.15, 0.2) is 34.9 Å². The van der Waals surface area contributed by atoms with Crippen molar-refractivity contribution in [2.45, 2.75) is 58.0 Å². The average molecular weight is 271 g/mol. The third kappa shape index (κ3) is 2.90. The van der Waals surface area contributed by atoms with E-state index in [9.17, 15) is 0 Å². The fourth-order valence-electron chi connectivity index (χ4n) is 3.59. The highest BCUT2D eigenvalue weighted by atomic mass is 16.3. The number of para-hydroxylation sites is 1. The number of hydrogen-bond donors (Lipinski definition) is 1. The second kappa shape index (κ2) is 6.45. The maximum absolute atomic E-state index is 5.62. The van der Waals surface area contributed by atoms with Gasteiger partial charge in [-0.3, -0.25) is 0 Å². The number of rotatable bonds is 5. The lowest BCUT2D eigenvalue weighted by Crippen LogP contribution is -2.36. The van der Waals surface area contributed by atoms with Crippen molar-refractivity contribution in [3.8, 4) is 0 Å². The zero-order chi connectivity index (χ0) is 13.8. The van der Waals surface area contributed by atoms with E-state index in [1.54, 1.807) is 0 Å². The molecule has 108 valence electrons. The molecular formula is C18H25NO. The van der Waals surface area contributed by atoms with Crippen molar-refractivity contribution in [1.29, 1.82) is 0 Å². The van der Waals surface area contributed by atoms with Gasteiger partial charge in [-0.15, -0.1) is 0 Å². The molecule has 0 aliphatic heterocycles. The second-order valence-electron chi connectivity index (χ2n) is 6.05. The Hall–Kier alpha value is -1.28. The van der Waals surface area contributed by atoms with Crippen LogP contribution in [0.5, 0.6) is 0 Å². The van der Waals surface area contributed by atoms with E-state index in [1.165, 1.54) is 49.5 Å². The minimum atomic E-state index is 0.656. The average Bonchev–Trinajstić information content (AvgIpc) is 2.92. The molecule has 1 fully saturated rings. The predicted octanol–water partition coefficient (Wildman–Crippen LogP) is 4.88. The Labute approximate surface area is 121 Å². The first-order valence-electron chi connectivity index (χ1n) is 8.07. The van der Waals surface area contributed by atoms with Crippen LogP contribution in [0.1, 0.15) is 51.0 Å². The standard InChI is InChI=1S/C18H25NO/c1-2-17(14-8-4-3-5-9-14)19-12-15-13-20-18-11-7-6-10-16(15)18/h6-7,10-11,13-14,17,19H,2-5,8-9,12H2,1H3. The van der Waals surface area contributed by atoms with Gasteiger partial charge >= 0.3 is 0 Å². The number of furan rings is 1. The Morgan fingerprint density at radius 2 is 2.00 bits per heavy atom. The SMILES string of the molecule is CCC(NCc1coc2ccccc12)C1CCCCC1. The molecule has 3 rings (SSSR count). The molecule has 2 nitrogen and oxygen atoms in total. The van der Waals surface area contributed by atoms with Crippen molar-refractivity contribution in [3.63, 3.8) is 0 Å². The molecule has 0 spiro atoms. The van der Waals surface area contributed by atoms with Gasteiger partial charge in [-0.1, -0.05) is 44.4 Å². The van der Waals surface area contributed by atoms with Crippen LogP contribution in [0.2, 0.25) is 0 Å². The van der Waals surface area contributed by atoms with Gasteiger partial charge in [0.15, 0.2) is 0 Å². The van der Waals surface area contributed by atoms with Gasteiger partial charge in [0.2, 0.25) is 0 Å². The highest BCUT2D eigenvalue weighted by Crippen LogP contribution is 2.28. The van der Waals surface area contributed by atoms with Crippen molar-refractivity contribution in [3.05, 3.63) is 36.1 Å². The van der Waals surface area contributed by atoms with E-state index >= 15 is 0 Å². The van der Waals surface area contributed by atoms with Gasteiger partial charge in [-0.05, 0) is 31.2 Å². The van der Waals surface area contributed by atoms with Crippen LogP contribution in [0.25, 0.3) is 11.0 Å². The highest BCUT2D eigenvalue weighted by molar-refractivity contribution is 5.80. The molecule has 0 amide bonds. The molecule has 2 aromatic rings. The molecule has 1 unspecified atom stereocenters. The van der Waals surface area contributed by atoms with Crippen molar-refractivity contribution in [1.82, 2.24) is 5.32 Å². The van der Waals surface area contributed by atoms with E-state index in [1.807, 2.05) is 18.4 Å². The summed E-state index contributed by atoms with van der Waals surface area (Å²) in [5.41, 5.74) is 2.28. The molecule has 2 heteroatoms. The van der Waals surface area contributed by atoms with Gasteiger partial charge in [0.25, 0.3) is 0 Å². The van der Waals surface area contributed by atoms with Gasteiger partial charge in [-0.25, -0.2) is 0 Å². The van der Waals surface area contributed by atoms with Gasteiger partial charge < -0.3 is 9.73 Å². The van der Waals surface area contributed by atoms with Gasteiger partial charge in [0, 0.05) is 23.5 Å². The topological polar surface area (TPSA) is 25.2 Å². The summed E-state index contributed by atoms with van der Waals surface area (Å²) >= 11 is 0. The number of fused-ring (bicyclic) bond motifs is 1. The van der Waals surface area contributed by atoms with E-state index in [0.717, 1.165) is 18.0 Å². The van der Waals surface area contributed by atoms with Crippen molar-refractivity contribution < 1.29 is 4.42 Å². The summed E-state index contributed by atoms with van der Waals surface area (Å²) in [4.78, 5) is 0. The zero-order valence-corrected chi connectivity index (χ0v) is 12.4. The van der Waals surface area contributed by atoms with Gasteiger partial charge in [0.1, 0.15) is 5.58 Å². The molecule has 1 aromatic heterocycles. The summed E-state index contributed by atoms with van der Waals surface area (Å²) < 4.78 is 5.62. The Bertz CT molecular complexity index is 539. The normalized spacial score (nSPS) is 18.4. The molecule has 1 N–H and O–H groups in total. The van der Waals surface area contributed by atoms with Gasteiger partial charge in [0.05, 0.1) is 6.26 Å². The van der Waals surface area contributed by atoms with Crippen molar-refractivity contribution in [2.24, 2.45) is 5.92 Å². The van der Waals surface area contributed by atoms with Crippen LogP contribution >= 0.6 is 0 Å². The zero-order valence-electron chi connectivity index (χ0n) is 12.4. The fourth-order valence-corrected chi connectivity index (χ4v) is 3.59. The molecular weight excluding hydrogens is 246 g/mol. The Morgan fingerprint density at radius 3 is 2.80 bits per heavy atom. The molecule has 1 heterocycles. The van der Waals surface area contributed by atoms with Crippen molar-refractivity contribution >= 4 is 11.0 Å². The van der Waals surface area contributed by atoms with Crippen LogP contribution in [-0.4, -0.2) is 6.04 Å². The number of nitrogens with one attached hydrogen (secondary N) is 1. The second-order valence-corrected chi connectivity index (χ2v) is 6.05. The van der Waals surface area contributed by atoms with E-state index in [-0.39, 0.29) is 0 Å². The number of hydrogen-bond acceptors (Lipinski definition) is 2. The highest BCUT2D eigenvalue weighted by Gasteiger charge is 2.22. The first kappa shape index (κ1) is 13.7. The van der Waals surface area contributed by atoms with Crippen LogP contribution in [0.4, 0.5) is 0 Å².